The third-order valence-corrected chi connectivity index (χ3v) is 2.49. The van der Waals surface area contributed by atoms with Crippen molar-refractivity contribution in [3.8, 4) is 0 Å². The van der Waals surface area contributed by atoms with Crippen molar-refractivity contribution in [2.24, 2.45) is 5.92 Å². The minimum atomic E-state index is -0.289. The van der Waals surface area contributed by atoms with Gasteiger partial charge >= 0.3 is 5.97 Å². The highest BCUT2D eigenvalue weighted by Gasteiger charge is 2.05. The van der Waals surface area contributed by atoms with E-state index in [0.29, 0.717) is 11.5 Å². The molecule has 0 atom stereocenters. The van der Waals surface area contributed by atoms with Gasteiger partial charge in [0.2, 0.25) is 0 Å². The first-order valence-corrected chi connectivity index (χ1v) is 6.15. The van der Waals surface area contributed by atoms with Crippen LogP contribution < -0.4 is 0 Å². The maximum Gasteiger partial charge on any atom is 0.337 e. The molecular weight excluding hydrogens is 224 g/mol. The molecule has 0 radical (unpaired) electrons. The summed E-state index contributed by atoms with van der Waals surface area (Å²) in [7, 11) is 1.40. The predicted octanol–water partition coefficient (Wildman–Crippen LogP) is 3.85. The normalized spacial score (nSPS) is 12.1. The van der Waals surface area contributed by atoms with E-state index >= 15 is 0 Å². The second-order valence-electron chi connectivity index (χ2n) is 4.52. The molecule has 0 saturated heterocycles. The van der Waals surface area contributed by atoms with Crippen LogP contribution in [-0.2, 0) is 9.53 Å². The number of methoxy groups -OCH3 is 1. The Bertz CT molecular complexity index is 428. The van der Waals surface area contributed by atoms with Crippen LogP contribution in [-0.4, -0.2) is 13.1 Å². The third-order valence-electron chi connectivity index (χ3n) is 2.49. The number of ether oxygens (including phenoxy) is 1. The molecule has 2 heteroatoms. The van der Waals surface area contributed by atoms with Gasteiger partial charge in [0, 0.05) is 0 Å². The summed E-state index contributed by atoms with van der Waals surface area (Å²) >= 11 is 0. The third kappa shape index (κ3) is 5.00. The Labute approximate surface area is 109 Å². The van der Waals surface area contributed by atoms with E-state index in [9.17, 15) is 4.79 Å². The SMILES string of the molecule is COC(=O)C(C=Cc1ccccc1)=CCC(C)C. The van der Waals surface area contributed by atoms with Gasteiger partial charge in [-0.3, -0.25) is 0 Å². The van der Waals surface area contributed by atoms with Crippen LogP contribution in [0.4, 0.5) is 0 Å². The summed E-state index contributed by atoms with van der Waals surface area (Å²) in [5, 5.41) is 0. The molecule has 0 aliphatic rings. The Balaban J connectivity index is 2.82. The van der Waals surface area contributed by atoms with E-state index in [1.807, 2.05) is 48.6 Å². The molecule has 0 aliphatic carbocycles. The van der Waals surface area contributed by atoms with Crippen LogP contribution in [0.15, 0.2) is 48.1 Å². The number of carbonyl (C=O) groups excluding carboxylic acids is 1. The predicted molar refractivity (Wildman–Crippen MR) is 75.0 cm³/mol. The van der Waals surface area contributed by atoms with Gasteiger partial charge in [-0.25, -0.2) is 4.79 Å². The van der Waals surface area contributed by atoms with Gasteiger partial charge < -0.3 is 4.74 Å². The summed E-state index contributed by atoms with van der Waals surface area (Å²) < 4.78 is 4.77. The zero-order valence-electron chi connectivity index (χ0n) is 11.2. The Morgan fingerprint density at radius 2 is 1.94 bits per heavy atom. The highest BCUT2D eigenvalue weighted by molar-refractivity contribution is 5.92. The number of esters is 1. The van der Waals surface area contributed by atoms with E-state index in [0.717, 1.165) is 12.0 Å². The summed E-state index contributed by atoms with van der Waals surface area (Å²) in [6.45, 7) is 4.23. The number of rotatable bonds is 5. The van der Waals surface area contributed by atoms with Crippen molar-refractivity contribution >= 4 is 12.0 Å². The molecule has 0 aliphatic heterocycles. The number of carbonyl (C=O) groups is 1. The quantitative estimate of drug-likeness (QED) is 0.447. The lowest BCUT2D eigenvalue weighted by atomic mass is 10.1. The summed E-state index contributed by atoms with van der Waals surface area (Å²) in [6, 6.07) is 9.89. The van der Waals surface area contributed by atoms with Gasteiger partial charge in [0.15, 0.2) is 0 Å². The van der Waals surface area contributed by atoms with E-state index in [-0.39, 0.29) is 5.97 Å². The second kappa shape index (κ2) is 7.49. The lowest BCUT2D eigenvalue weighted by molar-refractivity contribution is -0.135. The summed E-state index contributed by atoms with van der Waals surface area (Å²) in [6.07, 6.45) is 6.52. The standard InChI is InChI=1S/C16H20O2/c1-13(2)9-11-15(16(17)18-3)12-10-14-7-5-4-6-8-14/h4-8,10-13H,9H2,1-3H3. The molecule has 0 fully saturated rings. The number of allylic oxidation sites excluding steroid dienone is 1. The lowest BCUT2D eigenvalue weighted by Crippen LogP contribution is -2.03. The van der Waals surface area contributed by atoms with Crippen molar-refractivity contribution in [3.05, 3.63) is 53.6 Å². The first-order valence-electron chi connectivity index (χ1n) is 6.15. The van der Waals surface area contributed by atoms with Gasteiger partial charge in [-0.05, 0) is 24.0 Å². The Hall–Kier alpha value is -1.83. The van der Waals surface area contributed by atoms with Crippen LogP contribution in [0.3, 0.4) is 0 Å². The van der Waals surface area contributed by atoms with Crippen molar-refractivity contribution < 1.29 is 9.53 Å². The van der Waals surface area contributed by atoms with Crippen LogP contribution in [0.25, 0.3) is 6.08 Å². The van der Waals surface area contributed by atoms with E-state index in [2.05, 4.69) is 13.8 Å². The van der Waals surface area contributed by atoms with Gasteiger partial charge in [0.1, 0.15) is 0 Å². The van der Waals surface area contributed by atoms with E-state index in [1.54, 1.807) is 0 Å². The summed E-state index contributed by atoms with van der Waals surface area (Å²) in [5.41, 5.74) is 1.67. The minimum absolute atomic E-state index is 0.289. The second-order valence-corrected chi connectivity index (χ2v) is 4.52. The highest BCUT2D eigenvalue weighted by Crippen LogP contribution is 2.10. The first-order chi connectivity index (χ1) is 8.63. The average molecular weight is 244 g/mol. The molecule has 0 saturated carbocycles. The molecule has 1 aromatic rings. The van der Waals surface area contributed by atoms with Gasteiger partial charge in [0.05, 0.1) is 12.7 Å². The van der Waals surface area contributed by atoms with E-state index in [1.165, 1.54) is 7.11 Å². The molecule has 18 heavy (non-hydrogen) atoms. The van der Waals surface area contributed by atoms with Gasteiger partial charge in [-0.2, -0.15) is 0 Å². The Morgan fingerprint density at radius 3 is 2.50 bits per heavy atom. The van der Waals surface area contributed by atoms with Gasteiger partial charge in [-0.1, -0.05) is 56.3 Å². The fraction of sp³-hybridized carbons (Fsp3) is 0.312. The fourth-order valence-electron chi connectivity index (χ4n) is 1.45. The molecule has 0 N–H and O–H groups in total. The van der Waals surface area contributed by atoms with E-state index < -0.39 is 0 Å². The van der Waals surface area contributed by atoms with Crippen molar-refractivity contribution in [1.29, 1.82) is 0 Å². The molecule has 0 amide bonds. The number of hydrogen-bond acceptors (Lipinski definition) is 2. The molecule has 1 rings (SSSR count). The Morgan fingerprint density at radius 1 is 1.28 bits per heavy atom. The fourth-order valence-corrected chi connectivity index (χ4v) is 1.45. The first kappa shape index (κ1) is 14.2. The molecular formula is C16H20O2. The number of benzene rings is 1. The van der Waals surface area contributed by atoms with Crippen LogP contribution >= 0.6 is 0 Å². The largest absolute Gasteiger partial charge is 0.465 e. The van der Waals surface area contributed by atoms with Gasteiger partial charge in [-0.15, -0.1) is 0 Å². The van der Waals surface area contributed by atoms with Crippen molar-refractivity contribution in [2.75, 3.05) is 7.11 Å². The van der Waals surface area contributed by atoms with Crippen LogP contribution in [0.5, 0.6) is 0 Å². The van der Waals surface area contributed by atoms with Crippen LogP contribution in [0.2, 0.25) is 0 Å². The maximum atomic E-state index is 11.6. The molecule has 0 aromatic heterocycles. The molecule has 1 aromatic carbocycles. The Kier molecular flexibility index (Phi) is 5.92. The molecule has 2 nitrogen and oxygen atoms in total. The highest BCUT2D eigenvalue weighted by atomic mass is 16.5. The lowest BCUT2D eigenvalue weighted by Gasteiger charge is -2.02. The molecule has 0 unspecified atom stereocenters. The minimum Gasteiger partial charge on any atom is -0.465 e. The molecule has 0 bridgehead atoms. The van der Waals surface area contributed by atoms with Crippen molar-refractivity contribution in [1.82, 2.24) is 0 Å². The van der Waals surface area contributed by atoms with Crippen molar-refractivity contribution in [3.63, 3.8) is 0 Å². The zero-order valence-corrected chi connectivity index (χ0v) is 11.2. The molecule has 0 heterocycles. The topological polar surface area (TPSA) is 26.3 Å². The monoisotopic (exact) mass is 244 g/mol. The van der Waals surface area contributed by atoms with Gasteiger partial charge in [0.25, 0.3) is 0 Å². The zero-order chi connectivity index (χ0) is 13.4. The average Bonchev–Trinajstić information content (AvgIpc) is 2.39. The maximum absolute atomic E-state index is 11.6. The van der Waals surface area contributed by atoms with Crippen LogP contribution in [0, 0.1) is 5.92 Å². The summed E-state index contributed by atoms with van der Waals surface area (Å²) in [4.78, 5) is 11.6. The van der Waals surface area contributed by atoms with Crippen molar-refractivity contribution in [2.45, 2.75) is 20.3 Å². The van der Waals surface area contributed by atoms with E-state index in [4.69, 9.17) is 4.74 Å². The smallest absolute Gasteiger partial charge is 0.337 e. The molecule has 96 valence electrons. The van der Waals surface area contributed by atoms with Crippen LogP contribution in [0.1, 0.15) is 25.8 Å². The molecule has 0 spiro atoms. The summed E-state index contributed by atoms with van der Waals surface area (Å²) in [5.74, 6) is 0.234. The number of hydrogen-bond donors (Lipinski definition) is 0.